The molecule has 0 radical (unpaired) electrons. The molecule has 0 saturated heterocycles. The number of thioether (sulfide) groups is 1. The van der Waals surface area contributed by atoms with Crippen LogP contribution in [0.25, 0.3) is 0 Å². The summed E-state index contributed by atoms with van der Waals surface area (Å²) in [6.45, 7) is 3.95. The van der Waals surface area contributed by atoms with Crippen LogP contribution in [0, 0.1) is 0 Å². The van der Waals surface area contributed by atoms with Gasteiger partial charge in [0.05, 0.1) is 11.0 Å². The van der Waals surface area contributed by atoms with Crippen molar-refractivity contribution in [1.29, 1.82) is 0 Å². The molecule has 0 unspecified atom stereocenters. The third-order valence-corrected chi connectivity index (χ3v) is 3.29. The third-order valence-electron chi connectivity index (χ3n) is 1.90. The Morgan fingerprint density at radius 3 is 2.61 bits per heavy atom. The van der Waals surface area contributed by atoms with Crippen molar-refractivity contribution in [3.8, 4) is 0 Å². The summed E-state index contributed by atoms with van der Waals surface area (Å²) in [5, 5.41) is 6.66. The average Bonchev–Trinajstić information content (AvgIpc) is 2.31. The van der Waals surface area contributed by atoms with Gasteiger partial charge >= 0.3 is 6.09 Å². The molecule has 6 heteroatoms. The quantitative estimate of drug-likeness (QED) is 0.398. The lowest BCUT2D eigenvalue weighted by Crippen LogP contribution is -2.20. The second kappa shape index (κ2) is 6.66. The minimum atomic E-state index is -0.585. The molecule has 1 amide bonds. The summed E-state index contributed by atoms with van der Waals surface area (Å²) in [5.41, 5.74) is 0. The van der Waals surface area contributed by atoms with Crippen LogP contribution < -0.4 is 5.32 Å². The minimum absolute atomic E-state index is 0.290. The van der Waals surface area contributed by atoms with Gasteiger partial charge in [0.1, 0.15) is 0 Å². The Labute approximate surface area is 116 Å². The number of rotatable bonds is 4. The Hall–Kier alpha value is -1.20. The summed E-state index contributed by atoms with van der Waals surface area (Å²) in [6.07, 6.45) is 1.00. The standard InChI is InChI=1S/C12H15ClN2O2S/c1-12(2,8-15-17-11(16)14-3)18-10-6-4-9(13)5-7-10/h4-8H,1-3H3,(H,14,16)/b15-8+. The first-order chi connectivity index (χ1) is 8.43. The van der Waals surface area contributed by atoms with Crippen LogP contribution in [0.1, 0.15) is 13.8 Å². The van der Waals surface area contributed by atoms with Gasteiger partial charge in [-0.1, -0.05) is 16.8 Å². The second-order valence-corrected chi connectivity index (χ2v) is 6.19. The van der Waals surface area contributed by atoms with E-state index in [1.54, 1.807) is 18.0 Å². The average molecular weight is 287 g/mol. The number of amides is 1. The molecule has 0 aromatic heterocycles. The van der Waals surface area contributed by atoms with Crippen molar-refractivity contribution in [2.45, 2.75) is 23.5 Å². The SMILES string of the molecule is CNC(=O)O/N=C/C(C)(C)Sc1ccc(Cl)cc1. The van der Waals surface area contributed by atoms with Crippen LogP contribution in [0.4, 0.5) is 4.79 Å². The normalized spacial score (nSPS) is 11.6. The van der Waals surface area contributed by atoms with Crippen LogP contribution in [0.3, 0.4) is 0 Å². The van der Waals surface area contributed by atoms with E-state index < -0.39 is 6.09 Å². The number of carbonyl (C=O) groups is 1. The molecule has 0 heterocycles. The second-order valence-electron chi connectivity index (χ2n) is 4.02. The number of hydrogen-bond donors (Lipinski definition) is 1. The molecule has 0 saturated carbocycles. The van der Waals surface area contributed by atoms with E-state index in [0.29, 0.717) is 5.02 Å². The first kappa shape index (κ1) is 14.9. The molecule has 18 heavy (non-hydrogen) atoms. The molecule has 0 aliphatic heterocycles. The van der Waals surface area contributed by atoms with Crippen molar-refractivity contribution < 1.29 is 9.63 Å². The van der Waals surface area contributed by atoms with Crippen molar-refractivity contribution in [3.63, 3.8) is 0 Å². The van der Waals surface area contributed by atoms with Gasteiger partial charge in [-0.25, -0.2) is 4.79 Å². The lowest BCUT2D eigenvalue weighted by molar-refractivity contribution is 0.153. The van der Waals surface area contributed by atoms with Gasteiger partial charge in [0.2, 0.25) is 0 Å². The first-order valence-corrected chi connectivity index (χ1v) is 6.50. The topological polar surface area (TPSA) is 50.7 Å². The van der Waals surface area contributed by atoms with Crippen molar-refractivity contribution in [1.82, 2.24) is 5.32 Å². The monoisotopic (exact) mass is 286 g/mol. The largest absolute Gasteiger partial charge is 0.433 e. The lowest BCUT2D eigenvalue weighted by Gasteiger charge is -2.17. The van der Waals surface area contributed by atoms with Gasteiger partial charge in [0, 0.05) is 17.0 Å². The van der Waals surface area contributed by atoms with Crippen LogP contribution >= 0.6 is 23.4 Å². The van der Waals surface area contributed by atoms with Gasteiger partial charge in [-0.3, -0.25) is 4.84 Å². The van der Waals surface area contributed by atoms with Gasteiger partial charge in [0.15, 0.2) is 0 Å². The zero-order valence-electron chi connectivity index (χ0n) is 10.4. The molecule has 98 valence electrons. The Morgan fingerprint density at radius 2 is 2.06 bits per heavy atom. The number of oxime groups is 1. The maximum Gasteiger partial charge on any atom is 0.433 e. The molecule has 0 atom stereocenters. The zero-order chi connectivity index (χ0) is 13.6. The number of nitrogens with one attached hydrogen (secondary N) is 1. The molecule has 0 aliphatic rings. The molecule has 0 spiro atoms. The predicted octanol–water partition coefficient (Wildman–Crippen LogP) is 3.55. The summed E-state index contributed by atoms with van der Waals surface area (Å²) in [7, 11) is 1.48. The van der Waals surface area contributed by atoms with Crippen LogP contribution in [-0.4, -0.2) is 24.1 Å². The Bertz CT molecular complexity index is 432. The molecule has 0 fully saturated rings. The number of halogens is 1. The van der Waals surface area contributed by atoms with Gasteiger partial charge in [-0.2, -0.15) is 0 Å². The highest BCUT2D eigenvalue weighted by Gasteiger charge is 2.17. The van der Waals surface area contributed by atoms with Crippen molar-refractivity contribution in [2.75, 3.05) is 7.05 Å². The van der Waals surface area contributed by atoms with E-state index in [1.165, 1.54) is 7.05 Å². The molecular weight excluding hydrogens is 272 g/mol. The Kier molecular flexibility index (Phi) is 5.50. The van der Waals surface area contributed by atoms with Crippen molar-refractivity contribution in [2.24, 2.45) is 5.16 Å². The van der Waals surface area contributed by atoms with Gasteiger partial charge < -0.3 is 5.32 Å². The molecular formula is C12H15ClN2O2S. The van der Waals surface area contributed by atoms with E-state index in [2.05, 4.69) is 15.3 Å². The lowest BCUT2D eigenvalue weighted by atomic mass is 10.2. The molecule has 0 bridgehead atoms. The van der Waals surface area contributed by atoms with E-state index >= 15 is 0 Å². The minimum Gasteiger partial charge on any atom is -0.323 e. The van der Waals surface area contributed by atoms with E-state index in [4.69, 9.17) is 11.6 Å². The summed E-state index contributed by atoms with van der Waals surface area (Å²) >= 11 is 7.41. The molecule has 1 aromatic rings. The number of nitrogens with zero attached hydrogens (tertiary/aromatic N) is 1. The van der Waals surface area contributed by atoms with Gasteiger partial charge in [-0.05, 0) is 38.1 Å². The van der Waals surface area contributed by atoms with Crippen LogP contribution in [0.5, 0.6) is 0 Å². The number of benzene rings is 1. The maximum atomic E-state index is 10.8. The Balaban J connectivity index is 2.58. The molecule has 1 rings (SSSR count). The van der Waals surface area contributed by atoms with Crippen molar-refractivity contribution >= 4 is 35.7 Å². The fourth-order valence-corrected chi connectivity index (χ4v) is 2.18. The predicted molar refractivity (Wildman–Crippen MR) is 75.4 cm³/mol. The number of carbonyl (C=O) groups excluding carboxylic acids is 1. The Morgan fingerprint density at radius 1 is 1.44 bits per heavy atom. The summed E-state index contributed by atoms with van der Waals surface area (Å²) < 4.78 is -0.290. The van der Waals surface area contributed by atoms with E-state index in [1.807, 2.05) is 38.1 Å². The first-order valence-electron chi connectivity index (χ1n) is 5.31. The highest BCUT2D eigenvalue weighted by molar-refractivity contribution is 8.01. The molecule has 1 aromatic carbocycles. The highest BCUT2D eigenvalue weighted by atomic mass is 35.5. The smallest absolute Gasteiger partial charge is 0.323 e. The number of hydrogen-bond acceptors (Lipinski definition) is 4. The van der Waals surface area contributed by atoms with Crippen LogP contribution in [0.15, 0.2) is 34.3 Å². The van der Waals surface area contributed by atoms with Crippen LogP contribution in [-0.2, 0) is 4.84 Å². The van der Waals surface area contributed by atoms with Crippen molar-refractivity contribution in [3.05, 3.63) is 29.3 Å². The maximum absolute atomic E-state index is 10.8. The van der Waals surface area contributed by atoms with Gasteiger partial charge in [0.25, 0.3) is 0 Å². The van der Waals surface area contributed by atoms with Gasteiger partial charge in [-0.15, -0.1) is 11.8 Å². The van der Waals surface area contributed by atoms with E-state index in [-0.39, 0.29) is 4.75 Å². The zero-order valence-corrected chi connectivity index (χ0v) is 12.0. The molecule has 0 aliphatic carbocycles. The molecule has 1 N–H and O–H groups in total. The highest BCUT2D eigenvalue weighted by Crippen LogP contribution is 2.31. The third kappa shape index (κ3) is 5.42. The van der Waals surface area contributed by atoms with Crippen LogP contribution in [0.2, 0.25) is 5.02 Å². The van der Waals surface area contributed by atoms with E-state index in [9.17, 15) is 4.79 Å². The molecule has 4 nitrogen and oxygen atoms in total. The summed E-state index contributed by atoms with van der Waals surface area (Å²) in [4.78, 5) is 16.5. The van der Waals surface area contributed by atoms with E-state index in [0.717, 1.165) is 4.90 Å². The summed E-state index contributed by atoms with van der Waals surface area (Å²) in [6, 6.07) is 7.53. The summed E-state index contributed by atoms with van der Waals surface area (Å²) in [5.74, 6) is 0. The fourth-order valence-electron chi connectivity index (χ4n) is 1.08. The fraction of sp³-hybridized carbons (Fsp3) is 0.333.